The minimum Gasteiger partial charge on any atom is -0.442 e. The Kier molecular flexibility index (Phi) is 6.87. The lowest BCUT2D eigenvalue weighted by atomic mass is 10.2. The number of carbonyl (C=O) groups excluding carboxylic acids is 1. The van der Waals surface area contributed by atoms with Gasteiger partial charge in [0.2, 0.25) is 0 Å². The summed E-state index contributed by atoms with van der Waals surface area (Å²) in [6, 6.07) is 2.28. The van der Waals surface area contributed by atoms with Gasteiger partial charge in [0.15, 0.2) is 17.5 Å². The lowest BCUT2D eigenvalue weighted by Crippen LogP contribution is -2.49. The Morgan fingerprint density at radius 3 is 2.53 bits per heavy atom. The largest absolute Gasteiger partial charge is 0.442 e. The van der Waals surface area contributed by atoms with Crippen molar-refractivity contribution in [3.63, 3.8) is 0 Å². The van der Waals surface area contributed by atoms with Crippen LogP contribution < -0.4 is 20.9 Å². The molecule has 4 N–H and O–H groups in total. The van der Waals surface area contributed by atoms with Crippen molar-refractivity contribution in [2.24, 2.45) is 10.9 Å². The van der Waals surface area contributed by atoms with Gasteiger partial charge < -0.3 is 25.9 Å². The van der Waals surface area contributed by atoms with Gasteiger partial charge in [-0.3, -0.25) is 9.80 Å². The van der Waals surface area contributed by atoms with E-state index in [1.807, 2.05) is 4.90 Å². The summed E-state index contributed by atoms with van der Waals surface area (Å²) >= 11 is 4.93. The van der Waals surface area contributed by atoms with Crippen LogP contribution in [-0.4, -0.2) is 78.9 Å². The second-order valence-corrected chi connectivity index (χ2v) is 7.78. The molecule has 1 aromatic rings. The molecule has 1 atom stereocenters. The number of nitrogens with two attached hydrogens (primary N) is 1. The van der Waals surface area contributed by atoms with Crippen molar-refractivity contribution < 1.29 is 23.5 Å². The van der Waals surface area contributed by atoms with Gasteiger partial charge in [0, 0.05) is 38.3 Å². The second-order valence-electron chi connectivity index (χ2n) is 7.17. The molecule has 3 rings (SSSR count). The molecule has 0 saturated carbocycles. The molecule has 0 radical (unpaired) electrons. The Morgan fingerprint density at radius 2 is 1.97 bits per heavy atom. The number of thiocarbonyl (C=S) groups is 1. The van der Waals surface area contributed by atoms with Crippen LogP contribution in [0, 0.1) is 11.6 Å². The van der Waals surface area contributed by atoms with E-state index in [1.54, 1.807) is 11.8 Å². The number of oxime groups is 1. The number of anilines is 2. The van der Waals surface area contributed by atoms with E-state index in [2.05, 4.69) is 10.5 Å². The summed E-state index contributed by atoms with van der Waals surface area (Å²) in [7, 11) is 0. The number of benzene rings is 1. The number of hydrogen-bond acceptors (Lipinski definition) is 7. The quantitative estimate of drug-likeness (QED) is 0.198. The first-order valence-corrected chi connectivity index (χ1v) is 9.84. The molecule has 1 amide bonds. The number of nitrogens with one attached hydrogen (secondary N) is 1. The summed E-state index contributed by atoms with van der Waals surface area (Å²) < 4.78 is 34.9. The highest BCUT2D eigenvalue weighted by Gasteiger charge is 2.34. The van der Waals surface area contributed by atoms with E-state index in [1.165, 1.54) is 4.90 Å². The third-order valence-electron chi connectivity index (χ3n) is 4.97. The van der Waals surface area contributed by atoms with Gasteiger partial charge in [0.1, 0.15) is 11.8 Å². The van der Waals surface area contributed by atoms with E-state index in [0.717, 1.165) is 12.1 Å². The zero-order valence-corrected chi connectivity index (χ0v) is 17.3. The van der Waals surface area contributed by atoms with Gasteiger partial charge in [-0.2, -0.15) is 0 Å². The van der Waals surface area contributed by atoms with Gasteiger partial charge in [-0.25, -0.2) is 13.6 Å². The summed E-state index contributed by atoms with van der Waals surface area (Å²) in [6.45, 7) is 4.25. The van der Waals surface area contributed by atoms with Crippen LogP contribution >= 0.6 is 12.2 Å². The van der Waals surface area contributed by atoms with Gasteiger partial charge in [-0.15, -0.1) is 0 Å². The summed E-state index contributed by atoms with van der Waals surface area (Å²) in [5, 5.41) is 14.5. The molecule has 30 heavy (non-hydrogen) atoms. The van der Waals surface area contributed by atoms with E-state index in [-0.39, 0.29) is 30.3 Å². The van der Waals surface area contributed by atoms with Crippen LogP contribution in [0.1, 0.15) is 6.92 Å². The number of amidine groups is 1. The molecule has 12 heteroatoms. The van der Waals surface area contributed by atoms with Crippen LogP contribution in [0.2, 0.25) is 0 Å². The topological polar surface area (TPSA) is 107 Å². The monoisotopic (exact) mass is 442 g/mol. The third-order valence-corrected chi connectivity index (χ3v) is 5.11. The fourth-order valence-electron chi connectivity index (χ4n) is 3.50. The molecule has 0 aliphatic carbocycles. The van der Waals surface area contributed by atoms with Gasteiger partial charge in [-0.05, 0) is 6.92 Å². The first kappa shape index (κ1) is 22.0. The van der Waals surface area contributed by atoms with E-state index < -0.39 is 23.8 Å². The summed E-state index contributed by atoms with van der Waals surface area (Å²) in [4.78, 5) is 17.4. The van der Waals surface area contributed by atoms with Crippen molar-refractivity contribution in [3.8, 4) is 0 Å². The summed E-state index contributed by atoms with van der Waals surface area (Å²) in [6.07, 6.45) is -1.13. The highest BCUT2D eigenvalue weighted by molar-refractivity contribution is 7.80. The zero-order valence-electron chi connectivity index (χ0n) is 16.5. The molecule has 2 heterocycles. The molecule has 164 valence electrons. The van der Waals surface area contributed by atoms with Gasteiger partial charge in [0.05, 0.1) is 30.3 Å². The summed E-state index contributed by atoms with van der Waals surface area (Å²) in [5.41, 5.74) is 5.47. The lowest BCUT2D eigenvalue weighted by Gasteiger charge is -2.36. The first-order valence-electron chi connectivity index (χ1n) is 9.43. The van der Waals surface area contributed by atoms with Gasteiger partial charge >= 0.3 is 6.09 Å². The normalized spacial score (nSPS) is 20.4. The molecule has 0 spiro atoms. The van der Waals surface area contributed by atoms with Crippen molar-refractivity contribution in [1.29, 1.82) is 0 Å². The van der Waals surface area contributed by atoms with Gasteiger partial charge in [-0.1, -0.05) is 17.4 Å². The predicted molar refractivity (Wildman–Crippen MR) is 112 cm³/mol. The van der Waals surface area contributed by atoms with Crippen LogP contribution in [0.5, 0.6) is 0 Å². The number of carbonyl (C=O) groups is 1. The molecule has 0 bridgehead atoms. The van der Waals surface area contributed by atoms with Crippen LogP contribution in [0.4, 0.5) is 25.0 Å². The molecule has 1 aromatic carbocycles. The van der Waals surface area contributed by atoms with E-state index in [9.17, 15) is 13.6 Å². The number of piperazine rings is 1. The van der Waals surface area contributed by atoms with Crippen molar-refractivity contribution in [3.05, 3.63) is 23.8 Å². The maximum absolute atomic E-state index is 14.8. The maximum atomic E-state index is 14.8. The molecule has 9 nitrogen and oxygen atoms in total. The van der Waals surface area contributed by atoms with E-state index in [0.29, 0.717) is 37.7 Å². The van der Waals surface area contributed by atoms with Crippen molar-refractivity contribution in [2.75, 3.05) is 55.6 Å². The Bertz CT molecular complexity index is 824. The Morgan fingerprint density at radius 1 is 1.33 bits per heavy atom. The molecule has 2 fully saturated rings. The number of amides is 1. The Labute approximate surface area is 178 Å². The zero-order chi connectivity index (χ0) is 21.8. The lowest BCUT2D eigenvalue weighted by molar-refractivity contribution is 0.143. The first-order chi connectivity index (χ1) is 14.3. The molecule has 2 saturated heterocycles. The molecule has 2 aliphatic heterocycles. The Balaban J connectivity index is 1.68. The fourth-order valence-corrected chi connectivity index (χ4v) is 3.58. The minimum atomic E-state index is -0.751. The Hall–Kier alpha value is -2.73. The third kappa shape index (κ3) is 5.05. The summed E-state index contributed by atoms with van der Waals surface area (Å²) in [5.74, 6) is -1.42. The minimum absolute atomic E-state index is 0.0805. The number of ether oxygens (including phenoxy) is 1. The number of hydrogen-bond donors (Lipinski definition) is 3. The SMILES string of the molecule is CC(=S)NC[C@H]1CN(c2cc(F)c(N3CCN(CC(N)=NO)CC3)c(F)c2)C(=O)O1. The van der Waals surface area contributed by atoms with Crippen LogP contribution in [0.25, 0.3) is 0 Å². The average molecular weight is 442 g/mol. The molecular weight excluding hydrogens is 418 g/mol. The van der Waals surface area contributed by atoms with Crippen molar-refractivity contribution >= 4 is 40.5 Å². The molecule has 0 aromatic heterocycles. The van der Waals surface area contributed by atoms with Crippen LogP contribution in [0.3, 0.4) is 0 Å². The van der Waals surface area contributed by atoms with Crippen molar-refractivity contribution in [2.45, 2.75) is 13.0 Å². The average Bonchev–Trinajstić information content (AvgIpc) is 3.07. The van der Waals surface area contributed by atoms with Crippen LogP contribution in [-0.2, 0) is 4.74 Å². The van der Waals surface area contributed by atoms with Gasteiger partial charge in [0.25, 0.3) is 0 Å². The fraction of sp³-hybridized carbons (Fsp3) is 0.500. The second kappa shape index (κ2) is 9.39. The highest BCUT2D eigenvalue weighted by Crippen LogP contribution is 2.31. The van der Waals surface area contributed by atoms with Crippen LogP contribution in [0.15, 0.2) is 17.3 Å². The standard InChI is InChI=1S/C18H24F2N6O3S/c1-11(30)22-8-13-9-26(18(27)29-13)12-6-14(19)17(15(20)7-12)25-4-2-24(3-5-25)10-16(21)23-28/h6-7,13,28H,2-5,8-10H2,1H3,(H2,21,23)(H,22,30)/t13-/m0/s1. The highest BCUT2D eigenvalue weighted by atomic mass is 32.1. The maximum Gasteiger partial charge on any atom is 0.414 e. The van der Waals surface area contributed by atoms with E-state index >= 15 is 0 Å². The number of nitrogens with zero attached hydrogens (tertiary/aromatic N) is 4. The van der Waals surface area contributed by atoms with E-state index in [4.69, 9.17) is 27.9 Å². The number of halogens is 2. The smallest absolute Gasteiger partial charge is 0.414 e. The predicted octanol–water partition coefficient (Wildman–Crippen LogP) is 1.10. The number of rotatable bonds is 6. The van der Waals surface area contributed by atoms with Crippen molar-refractivity contribution in [1.82, 2.24) is 10.2 Å². The molecule has 2 aliphatic rings. The molecule has 0 unspecified atom stereocenters. The molecular formula is C18H24F2N6O3S. The number of cyclic esters (lactones) is 1.